The Bertz CT molecular complexity index is 344. The van der Waals surface area contributed by atoms with Crippen LogP contribution in [0.15, 0.2) is 0 Å². The van der Waals surface area contributed by atoms with Crippen LogP contribution >= 0.6 is 0 Å². The zero-order valence-corrected chi connectivity index (χ0v) is 12.5. The lowest BCUT2D eigenvalue weighted by molar-refractivity contribution is 0.00145. The van der Waals surface area contributed by atoms with E-state index in [0.717, 1.165) is 26.1 Å². The Morgan fingerprint density at radius 2 is 2.11 bits per heavy atom. The van der Waals surface area contributed by atoms with E-state index in [4.69, 9.17) is 10.00 Å². The van der Waals surface area contributed by atoms with Crippen LogP contribution in [-0.4, -0.2) is 53.7 Å². The van der Waals surface area contributed by atoms with Crippen LogP contribution < -0.4 is 0 Å². The second-order valence-corrected chi connectivity index (χ2v) is 6.09. The predicted octanol–water partition coefficient (Wildman–Crippen LogP) is 2.23. The fraction of sp³-hybridized carbons (Fsp3) is 0.857. The molecule has 108 valence electrons. The Morgan fingerprint density at radius 3 is 2.63 bits per heavy atom. The van der Waals surface area contributed by atoms with Crippen molar-refractivity contribution in [3.05, 3.63) is 0 Å². The summed E-state index contributed by atoms with van der Waals surface area (Å²) in [6.45, 7) is 11.0. The van der Waals surface area contributed by atoms with Crippen molar-refractivity contribution < 1.29 is 9.53 Å². The molecule has 0 unspecified atom stereocenters. The Morgan fingerprint density at radius 1 is 1.42 bits per heavy atom. The maximum absolute atomic E-state index is 12.0. The molecule has 1 saturated heterocycles. The molecule has 5 heteroatoms. The molecule has 1 atom stereocenters. The molecular weight excluding hydrogens is 242 g/mol. The van der Waals surface area contributed by atoms with E-state index in [1.165, 1.54) is 0 Å². The van der Waals surface area contributed by atoms with Crippen LogP contribution in [0.25, 0.3) is 0 Å². The van der Waals surface area contributed by atoms with Crippen LogP contribution in [0.2, 0.25) is 0 Å². The Kier molecular flexibility index (Phi) is 5.61. The number of nitriles is 1. The number of rotatable bonds is 3. The maximum atomic E-state index is 12.0. The van der Waals surface area contributed by atoms with Gasteiger partial charge >= 0.3 is 6.09 Å². The summed E-state index contributed by atoms with van der Waals surface area (Å²) in [7, 11) is 0. The number of hydrogen-bond acceptors (Lipinski definition) is 4. The standard InChI is InChI=1S/C14H25N3O2/c1-12-11-16(8-6-5-7-15)9-10-17(12)13(18)19-14(2,3)4/h12H,5-6,8-11H2,1-4H3/t12-/m1/s1. The number of carbonyl (C=O) groups excluding carboxylic acids is 1. The normalized spacial score (nSPS) is 21.0. The molecule has 0 saturated carbocycles. The number of nitrogens with zero attached hydrogens (tertiary/aromatic N) is 3. The van der Waals surface area contributed by atoms with E-state index in [1.807, 2.05) is 27.7 Å². The summed E-state index contributed by atoms with van der Waals surface area (Å²) in [5.41, 5.74) is -0.444. The third-order valence-corrected chi connectivity index (χ3v) is 3.10. The number of piperazine rings is 1. The van der Waals surface area contributed by atoms with Crippen LogP contribution in [0.5, 0.6) is 0 Å². The lowest BCUT2D eigenvalue weighted by atomic mass is 10.1. The van der Waals surface area contributed by atoms with Gasteiger partial charge in [-0.05, 0) is 40.7 Å². The Balaban J connectivity index is 2.42. The molecule has 1 rings (SSSR count). The van der Waals surface area contributed by atoms with Gasteiger partial charge < -0.3 is 9.64 Å². The van der Waals surface area contributed by atoms with Gasteiger partial charge in [-0.2, -0.15) is 5.26 Å². The number of carbonyl (C=O) groups is 1. The van der Waals surface area contributed by atoms with Crippen molar-refractivity contribution in [1.82, 2.24) is 9.80 Å². The van der Waals surface area contributed by atoms with Crippen molar-refractivity contribution in [1.29, 1.82) is 5.26 Å². The fourth-order valence-corrected chi connectivity index (χ4v) is 2.21. The van der Waals surface area contributed by atoms with Gasteiger partial charge in [0.05, 0.1) is 6.07 Å². The number of ether oxygens (including phenoxy) is 1. The summed E-state index contributed by atoms with van der Waals surface area (Å²) < 4.78 is 5.41. The maximum Gasteiger partial charge on any atom is 0.410 e. The summed E-state index contributed by atoms with van der Waals surface area (Å²) in [4.78, 5) is 16.1. The predicted molar refractivity (Wildman–Crippen MR) is 73.7 cm³/mol. The minimum Gasteiger partial charge on any atom is -0.444 e. The summed E-state index contributed by atoms with van der Waals surface area (Å²) in [5, 5.41) is 8.53. The average molecular weight is 267 g/mol. The van der Waals surface area contributed by atoms with Gasteiger partial charge in [-0.3, -0.25) is 4.90 Å². The van der Waals surface area contributed by atoms with Crippen molar-refractivity contribution in [2.75, 3.05) is 26.2 Å². The average Bonchev–Trinajstić information content (AvgIpc) is 2.27. The van der Waals surface area contributed by atoms with Crippen molar-refractivity contribution in [2.24, 2.45) is 0 Å². The van der Waals surface area contributed by atoms with Crippen LogP contribution in [0.3, 0.4) is 0 Å². The topological polar surface area (TPSA) is 56.6 Å². The molecule has 0 radical (unpaired) electrons. The molecule has 0 spiro atoms. The first-order valence-corrected chi connectivity index (χ1v) is 6.92. The van der Waals surface area contributed by atoms with Crippen molar-refractivity contribution >= 4 is 6.09 Å². The molecule has 0 aromatic carbocycles. The molecule has 1 fully saturated rings. The van der Waals surface area contributed by atoms with Crippen molar-refractivity contribution in [3.8, 4) is 6.07 Å². The minimum absolute atomic E-state index is 0.158. The first kappa shape index (κ1) is 15.8. The third kappa shape index (κ3) is 5.48. The van der Waals surface area contributed by atoms with Gasteiger partial charge in [-0.1, -0.05) is 0 Å². The zero-order chi connectivity index (χ0) is 14.5. The summed E-state index contributed by atoms with van der Waals surface area (Å²) in [6, 6.07) is 2.32. The van der Waals surface area contributed by atoms with E-state index in [2.05, 4.69) is 11.0 Å². The van der Waals surface area contributed by atoms with E-state index in [0.29, 0.717) is 13.0 Å². The largest absolute Gasteiger partial charge is 0.444 e. The molecule has 0 N–H and O–H groups in total. The van der Waals surface area contributed by atoms with Gasteiger partial charge in [0, 0.05) is 32.1 Å². The number of amides is 1. The summed E-state index contributed by atoms with van der Waals surface area (Å²) in [5.74, 6) is 0. The van der Waals surface area contributed by atoms with Crippen molar-refractivity contribution in [2.45, 2.75) is 52.2 Å². The fourth-order valence-electron chi connectivity index (χ4n) is 2.21. The molecule has 19 heavy (non-hydrogen) atoms. The molecule has 5 nitrogen and oxygen atoms in total. The lowest BCUT2D eigenvalue weighted by Gasteiger charge is -2.40. The summed E-state index contributed by atoms with van der Waals surface area (Å²) in [6.07, 6.45) is 1.27. The number of unbranched alkanes of at least 4 members (excludes halogenated alkanes) is 1. The van der Waals surface area contributed by atoms with Gasteiger partial charge in [-0.25, -0.2) is 4.79 Å². The highest BCUT2D eigenvalue weighted by molar-refractivity contribution is 5.68. The van der Waals surface area contributed by atoms with E-state index in [9.17, 15) is 4.79 Å². The molecule has 0 aliphatic carbocycles. The molecule has 1 aliphatic heterocycles. The van der Waals surface area contributed by atoms with E-state index in [1.54, 1.807) is 4.90 Å². The molecule has 1 heterocycles. The van der Waals surface area contributed by atoms with Gasteiger partial charge in [0.25, 0.3) is 0 Å². The van der Waals surface area contributed by atoms with Crippen molar-refractivity contribution in [3.63, 3.8) is 0 Å². The van der Waals surface area contributed by atoms with E-state index >= 15 is 0 Å². The molecule has 0 bridgehead atoms. The molecule has 0 aromatic rings. The van der Waals surface area contributed by atoms with Crippen LogP contribution in [0.4, 0.5) is 4.79 Å². The first-order valence-electron chi connectivity index (χ1n) is 6.92. The second kappa shape index (κ2) is 6.76. The summed E-state index contributed by atoms with van der Waals surface area (Å²) >= 11 is 0. The highest BCUT2D eigenvalue weighted by atomic mass is 16.6. The quantitative estimate of drug-likeness (QED) is 0.736. The Hall–Kier alpha value is -1.28. The lowest BCUT2D eigenvalue weighted by Crippen LogP contribution is -2.55. The highest BCUT2D eigenvalue weighted by Gasteiger charge is 2.30. The molecule has 1 amide bonds. The third-order valence-electron chi connectivity index (χ3n) is 3.10. The second-order valence-electron chi connectivity index (χ2n) is 6.09. The van der Waals surface area contributed by atoms with Gasteiger partial charge in [0.2, 0.25) is 0 Å². The highest BCUT2D eigenvalue weighted by Crippen LogP contribution is 2.15. The van der Waals surface area contributed by atoms with Gasteiger partial charge in [0.15, 0.2) is 0 Å². The van der Waals surface area contributed by atoms with Gasteiger partial charge in [-0.15, -0.1) is 0 Å². The molecule has 1 aliphatic rings. The van der Waals surface area contributed by atoms with Gasteiger partial charge in [0.1, 0.15) is 5.60 Å². The van der Waals surface area contributed by atoms with E-state index in [-0.39, 0.29) is 12.1 Å². The molecular formula is C14H25N3O2. The van der Waals surface area contributed by atoms with Crippen LogP contribution in [0, 0.1) is 11.3 Å². The smallest absolute Gasteiger partial charge is 0.410 e. The monoisotopic (exact) mass is 267 g/mol. The number of hydrogen-bond donors (Lipinski definition) is 0. The first-order chi connectivity index (χ1) is 8.83. The van der Waals surface area contributed by atoms with Crippen LogP contribution in [-0.2, 0) is 4.74 Å². The van der Waals surface area contributed by atoms with E-state index < -0.39 is 5.60 Å². The zero-order valence-electron chi connectivity index (χ0n) is 12.5. The Labute approximate surface area is 116 Å². The molecule has 0 aromatic heterocycles. The van der Waals surface area contributed by atoms with Crippen LogP contribution in [0.1, 0.15) is 40.5 Å². The minimum atomic E-state index is -0.444. The SMILES string of the molecule is C[C@@H]1CN(CCCC#N)CCN1C(=O)OC(C)(C)C.